The van der Waals surface area contributed by atoms with Crippen LogP contribution in [0.25, 0.3) is 0 Å². The Morgan fingerprint density at radius 2 is 1.97 bits per heavy atom. The molecule has 30 heavy (non-hydrogen) atoms. The Morgan fingerprint density at radius 3 is 2.67 bits per heavy atom. The summed E-state index contributed by atoms with van der Waals surface area (Å²) in [6.07, 6.45) is 1.56. The molecule has 0 radical (unpaired) electrons. The van der Waals surface area contributed by atoms with E-state index in [0.29, 0.717) is 37.3 Å². The van der Waals surface area contributed by atoms with Crippen molar-refractivity contribution in [2.45, 2.75) is 58.9 Å². The van der Waals surface area contributed by atoms with Crippen LogP contribution in [0.2, 0.25) is 0 Å². The summed E-state index contributed by atoms with van der Waals surface area (Å²) in [4.78, 5) is 38.8. The molecule has 0 aromatic heterocycles. The molecule has 1 aromatic carbocycles. The standard InChI is InChI=1S/C23H34N2O5/c1-5-17(4)18-8-6-7-9-20(18)30-15-21(26)25-12-11-24-23(28)19(25)14-22(27)29-13-10-16(2)3/h6-9,16-17,19H,5,10-15H2,1-4H3,(H,24,28). The molecule has 1 saturated heterocycles. The van der Waals surface area contributed by atoms with E-state index >= 15 is 0 Å². The zero-order valence-electron chi connectivity index (χ0n) is 18.5. The van der Waals surface area contributed by atoms with Crippen LogP contribution in [-0.2, 0) is 19.1 Å². The maximum absolute atomic E-state index is 12.8. The number of para-hydroxylation sites is 1. The molecular formula is C23H34N2O5. The Balaban J connectivity index is 1.99. The molecule has 2 unspecified atom stereocenters. The first-order valence-electron chi connectivity index (χ1n) is 10.8. The quantitative estimate of drug-likeness (QED) is 0.591. The Labute approximate surface area is 179 Å². The van der Waals surface area contributed by atoms with E-state index in [4.69, 9.17) is 9.47 Å². The van der Waals surface area contributed by atoms with Gasteiger partial charge in [-0.15, -0.1) is 0 Å². The Kier molecular flexibility index (Phi) is 9.15. The van der Waals surface area contributed by atoms with E-state index in [1.165, 1.54) is 4.90 Å². The highest BCUT2D eigenvalue weighted by Gasteiger charge is 2.35. The van der Waals surface area contributed by atoms with E-state index in [-0.39, 0.29) is 24.8 Å². The van der Waals surface area contributed by atoms with Crippen LogP contribution in [-0.4, -0.2) is 55.0 Å². The van der Waals surface area contributed by atoms with Crippen molar-refractivity contribution in [1.29, 1.82) is 0 Å². The van der Waals surface area contributed by atoms with Crippen LogP contribution in [0.3, 0.4) is 0 Å². The third-order valence-corrected chi connectivity index (χ3v) is 5.38. The molecule has 0 aliphatic carbocycles. The molecule has 0 spiro atoms. The van der Waals surface area contributed by atoms with Gasteiger partial charge in [-0.05, 0) is 36.3 Å². The van der Waals surface area contributed by atoms with Gasteiger partial charge in [0, 0.05) is 13.1 Å². The van der Waals surface area contributed by atoms with Gasteiger partial charge in [-0.3, -0.25) is 14.4 Å². The lowest BCUT2D eigenvalue weighted by Crippen LogP contribution is -2.58. The highest BCUT2D eigenvalue weighted by molar-refractivity contribution is 5.92. The Morgan fingerprint density at radius 1 is 1.23 bits per heavy atom. The maximum atomic E-state index is 12.8. The summed E-state index contributed by atoms with van der Waals surface area (Å²) >= 11 is 0. The number of carbonyl (C=O) groups excluding carboxylic acids is 3. The molecule has 7 nitrogen and oxygen atoms in total. The third-order valence-electron chi connectivity index (χ3n) is 5.38. The average molecular weight is 419 g/mol. The van der Waals surface area contributed by atoms with Crippen LogP contribution < -0.4 is 10.1 Å². The summed E-state index contributed by atoms with van der Waals surface area (Å²) in [6, 6.07) is 6.80. The summed E-state index contributed by atoms with van der Waals surface area (Å²) in [7, 11) is 0. The van der Waals surface area contributed by atoms with Gasteiger partial charge in [-0.1, -0.05) is 45.9 Å². The minimum absolute atomic E-state index is 0.154. The van der Waals surface area contributed by atoms with Gasteiger partial charge in [0.2, 0.25) is 5.91 Å². The molecule has 166 valence electrons. The molecule has 1 aliphatic rings. The summed E-state index contributed by atoms with van der Waals surface area (Å²) in [5, 5.41) is 2.72. The number of hydrogen-bond donors (Lipinski definition) is 1. The summed E-state index contributed by atoms with van der Waals surface area (Å²) in [5.74, 6) is 0.277. The van der Waals surface area contributed by atoms with E-state index < -0.39 is 12.0 Å². The van der Waals surface area contributed by atoms with Crippen molar-refractivity contribution >= 4 is 17.8 Å². The second kappa shape index (κ2) is 11.6. The molecule has 1 N–H and O–H groups in total. The van der Waals surface area contributed by atoms with Crippen molar-refractivity contribution in [3.05, 3.63) is 29.8 Å². The first-order chi connectivity index (χ1) is 14.3. The van der Waals surface area contributed by atoms with E-state index in [1.807, 2.05) is 38.1 Å². The number of hydrogen-bond acceptors (Lipinski definition) is 5. The first kappa shape index (κ1) is 23.7. The van der Waals surface area contributed by atoms with Crippen LogP contribution in [0.4, 0.5) is 0 Å². The SMILES string of the molecule is CCC(C)c1ccccc1OCC(=O)N1CCNC(=O)C1CC(=O)OCCC(C)C. The number of rotatable bonds is 10. The highest BCUT2D eigenvalue weighted by atomic mass is 16.5. The van der Waals surface area contributed by atoms with E-state index in [2.05, 4.69) is 19.2 Å². The fraction of sp³-hybridized carbons (Fsp3) is 0.609. The molecular weight excluding hydrogens is 384 g/mol. The molecule has 0 saturated carbocycles. The number of carbonyl (C=O) groups is 3. The molecule has 1 fully saturated rings. The first-order valence-corrected chi connectivity index (χ1v) is 10.8. The van der Waals surface area contributed by atoms with Gasteiger partial charge in [0.05, 0.1) is 13.0 Å². The van der Waals surface area contributed by atoms with E-state index in [1.54, 1.807) is 0 Å². The smallest absolute Gasteiger partial charge is 0.308 e. The third kappa shape index (κ3) is 6.75. The summed E-state index contributed by atoms with van der Waals surface area (Å²) in [6.45, 7) is 9.12. The minimum Gasteiger partial charge on any atom is -0.483 e. The molecule has 7 heteroatoms. The molecule has 1 aliphatic heterocycles. The van der Waals surface area contributed by atoms with Gasteiger partial charge >= 0.3 is 5.97 Å². The zero-order valence-corrected chi connectivity index (χ0v) is 18.5. The van der Waals surface area contributed by atoms with Crippen molar-refractivity contribution in [3.63, 3.8) is 0 Å². The number of amides is 2. The molecule has 1 heterocycles. The predicted molar refractivity (Wildman–Crippen MR) is 114 cm³/mol. The van der Waals surface area contributed by atoms with E-state index in [0.717, 1.165) is 18.4 Å². The van der Waals surface area contributed by atoms with Gasteiger partial charge in [0.15, 0.2) is 6.61 Å². The van der Waals surface area contributed by atoms with Gasteiger partial charge in [0.1, 0.15) is 11.8 Å². The monoisotopic (exact) mass is 418 g/mol. The Bertz CT molecular complexity index is 734. The minimum atomic E-state index is -0.869. The lowest BCUT2D eigenvalue weighted by Gasteiger charge is -2.34. The van der Waals surface area contributed by atoms with Crippen molar-refractivity contribution in [3.8, 4) is 5.75 Å². The zero-order chi connectivity index (χ0) is 22.1. The molecule has 2 rings (SSSR count). The van der Waals surface area contributed by atoms with Crippen LogP contribution in [0.5, 0.6) is 5.75 Å². The molecule has 2 atom stereocenters. The number of nitrogens with one attached hydrogen (secondary N) is 1. The summed E-state index contributed by atoms with van der Waals surface area (Å²) in [5.41, 5.74) is 1.05. The van der Waals surface area contributed by atoms with Crippen molar-refractivity contribution in [2.24, 2.45) is 5.92 Å². The second-order valence-corrected chi connectivity index (χ2v) is 8.14. The molecule has 2 amide bonds. The number of esters is 1. The lowest BCUT2D eigenvalue weighted by molar-refractivity contribution is -0.152. The largest absolute Gasteiger partial charge is 0.483 e. The fourth-order valence-corrected chi connectivity index (χ4v) is 3.30. The van der Waals surface area contributed by atoms with Crippen LogP contribution in [0, 0.1) is 5.92 Å². The predicted octanol–water partition coefficient (Wildman–Crippen LogP) is 2.89. The topological polar surface area (TPSA) is 84.9 Å². The van der Waals surface area contributed by atoms with Crippen LogP contribution in [0.1, 0.15) is 58.4 Å². The van der Waals surface area contributed by atoms with Gasteiger partial charge < -0.3 is 19.7 Å². The van der Waals surface area contributed by atoms with Crippen molar-refractivity contribution < 1.29 is 23.9 Å². The molecule has 0 bridgehead atoms. The highest BCUT2D eigenvalue weighted by Crippen LogP contribution is 2.28. The van der Waals surface area contributed by atoms with Gasteiger partial charge in [-0.2, -0.15) is 0 Å². The number of piperazine rings is 1. The molecule has 1 aromatic rings. The van der Waals surface area contributed by atoms with Gasteiger partial charge in [-0.25, -0.2) is 0 Å². The second-order valence-electron chi connectivity index (χ2n) is 8.14. The Hall–Kier alpha value is -2.57. The van der Waals surface area contributed by atoms with E-state index in [9.17, 15) is 14.4 Å². The normalized spacial score (nSPS) is 17.4. The summed E-state index contributed by atoms with van der Waals surface area (Å²) < 4.78 is 11.0. The number of ether oxygens (including phenoxy) is 2. The van der Waals surface area contributed by atoms with Crippen LogP contribution >= 0.6 is 0 Å². The maximum Gasteiger partial charge on any atom is 0.308 e. The number of nitrogens with zero attached hydrogens (tertiary/aromatic N) is 1. The lowest BCUT2D eigenvalue weighted by atomic mass is 9.98. The van der Waals surface area contributed by atoms with Crippen molar-refractivity contribution in [2.75, 3.05) is 26.3 Å². The van der Waals surface area contributed by atoms with Gasteiger partial charge in [0.25, 0.3) is 5.91 Å². The van der Waals surface area contributed by atoms with Crippen LogP contribution in [0.15, 0.2) is 24.3 Å². The number of benzene rings is 1. The fourth-order valence-electron chi connectivity index (χ4n) is 3.30. The average Bonchev–Trinajstić information content (AvgIpc) is 2.72. The van der Waals surface area contributed by atoms with Crippen molar-refractivity contribution in [1.82, 2.24) is 10.2 Å².